The number of nitrogens with zero attached hydrogens (tertiary/aromatic N) is 2. The molecule has 0 saturated heterocycles. The predicted octanol–water partition coefficient (Wildman–Crippen LogP) is 4.51. The standard InChI is InChI=1S/C18H22N2O/c1-4-6-7-16-14-20(5-2)18(19-16)13-10-15-8-11-17(21-3)12-9-15/h6-14H,4-5H2,1-3H3/b7-6+,13-10+. The molecular weight excluding hydrogens is 260 g/mol. The van der Waals surface area contributed by atoms with E-state index in [1.54, 1.807) is 7.11 Å². The molecule has 0 amide bonds. The molecule has 0 saturated carbocycles. The molecule has 2 rings (SSSR count). The number of ether oxygens (including phenoxy) is 1. The second-order valence-electron chi connectivity index (χ2n) is 4.73. The van der Waals surface area contributed by atoms with Crippen molar-refractivity contribution < 1.29 is 4.74 Å². The molecule has 0 fully saturated rings. The zero-order chi connectivity index (χ0) is 15.1. The zero-order valence-electron chi connectivity index (χ0n) is 12.9. The molecule has 3 heteroatoms. The highest BCUT2D eigenvalue weighted by molar-refractivity contribution is 5.67. The molecule has 110 valence electrons. The largest absolute Gasteiger partial charge is 0.497 e. The monoisotopic (exact) mass is 282 g/mol. The lowest BCUT2D eigenvalue weighted by molar-refractivity contribution is 0.415. The van der Waals surface area contributed by atoms with E-state index in [1.165, 1.54) is 0 Å². The van der Waals surface area contributed by atoms with Crippen LogP contribution in [0.2, 0.25) is 0 Å². The normalized spacial score (nSPS) is 11.6. The summed E-state index contributed by atoms with van der Waals surface area (Å²) < 4.78 is 7.31. The smallest absolute Gasteiger partial charge is 0.133 e. The molecule has 3 nitrogen and oxygen atoms in total. The number of allylic oxidation sites excluding steroid dienone is 1. The van der Waals surface area contributed by atoms with E-state index in [4.69, 9.17) is 4.74 Å². The Morgan fingerprint density at radius 3 is 2.48 bits per heavy atom. The summed E-state index contributed by atoms with van der Waals surface area (Å²) in [6, 6.07) is 7.99. The fourth-order valence-electron chi connectivity index (χ4n) is 2.04. The van der Waals surface area contributed by atoms with Crippen molar-refractivity contribution in [1.82, 2.24) is 9.55 Å². The molecule has 0 N–H and O–H groups in total. The van der Waals surface area contributed by atoms with E-state index in [2.05, 4.69) is 53.9 Å². The van der Waals surface area contributed by atoms with Crippen LogP contribution in [0.15, 0.2) is 36.5 Å². The van der Waals surface area contributed by atoms with Crippen molar-refractivity contribution in [3.05, 3.63) is 53.6 Å². The van der Waals surface area contributed by atoms with Crippen molar-refractivity contribution in [2.24, 2.45) is 0 Å². The van der Waals surface area contributed by atoms with Crippen LogP contribution >= 0.6 is 0 Å². The van der Waals surface area contributed by atoms with Crippen LogP contribution in [0.5, 0.6) is 5.75 Å². The molecular formula is C18H22N2O. The van der Waals surface area contributed by atoms with Crippen LogP contribution in [0.25, 0.3) is 18.2 Å². The fourth-order valence-corrected chi connectivity index (χ4v) is 2.04. The van der Waals surface area contributed by atoms with Gasteiger partial charge in [-0.2, -0.15) is 0 Å². The molecule has 1 aromatic heterocycles. The maximum Gasteiger partial charge on any atom is 0.133 e. The van der Waals surface area contributed by atoms with E-state index < -0.39 is 0 Å². The summed E-state index contributed by atoms with van der Waals surface area (Å²) >= 11 is 0. The first-order chi connectivity index (χ1) is 10.3. The second-order valence-corrected chi connectivity index (χ2v) is 4.73. The molecule has 0 radical (unpaired) electrons. The average Bonchev–Trinajstić information content (AvgIpc) is 2.93. The Bertz CT molecular complexity index is 621. The Morgan fingerprint density at radius 2 is 1.86 bits per heavy atom. The van der Waals surface area contributed by atoms with Crippen molar-refractivity contribution in [2.45, 2.75) is 26.8 Å². The Morgan fingerprint density at radius 1 is 1.10 bits per heavy atom. The second kappa shape index (κ2) is 7.48. The minimum absolute atomic E-state index is 0.870. The third kappa shape index (κ3) is 4.09. The Labute approximate surface area is 126 Å². The highest BCUT2D eigenvalue weighted by Crippen LogP contribution is 2.14. The number of benzene rings is 1. The van der Waals surface area contributed by atoms with Gasteiger partial charge in [-0.25, -0.2) is 4.98 Å². The quantitative estimate of drug-likeness (QED) is 0.779. The molecule has 2 aromatic rings. The van der Waals surface area contributed by atoms with Crippen LogP contribution in [-0.2, 0) is 6.54 Å². The van der Waals surface area contributed by atoms with Gasteiger partial charge in [-0.05, 0) is 43.2 Å². The van der Waals surface area contributed by atoms with E-state index >= 15 is 0 Å². The van der Waals surface area contributed by atoms with Crippen LogP contribution in [0, 0.1) is 0 Å². The topological polar surface area (TPSA) is 27.1 Å². The third-order valence-corrected chi connectivity index (χ3v) is 3.23. The minimum atomic E-state index is 0.870. The SMILES string of the molecule is CC/C=C/c1cn(CC)c(/C=C/c2ccc(OC)cc2)n1. The molecule has 21 heavy (non-hydrogen) atoms. The van der Waals surface area contributed by atoms with Gasteiger partial charge in [0, 0.05) is 12.7 Å². The van der Waals surface area contributed by atoms with Gasteiger partial charge in [0.25, 0.3) is 0 Å². The molecule has 0 aliphatic heterocycles. The highest BCUT2D eigenvalue weighted by Gasteiger charge is 2.01. The maximum absolute atomic E-state index is 5.16. The lowest BCUT2D eigenvalue weighted by atomic mass is 10.2. The molecule has 0 atom stereocenters. The first kappa shape index (κ1) is 15.1. The number of hydrogen-bond acceptors (Lipinski definition) is 2. The molecule has 0 aliphatic rings. The Kier molecular flexibility index (Phi) is 5.38. The van der Waals surface area contributed by atoms with E-state index in [0.717, 1.165) is 35.8 Å². The summed E-state index contributed by atoms with van der Waals surface area (Å²) in [6.07, 6.45) is 11.4. The maximum atomic E-state index is 5.16. The summed E-state index contributed by atoms with van der Waals surface area (Å²) in [5, 5.41) is 0. The molecule has 0 spiro atoms. The zero-order valence-corrected chi connectivity index (χ0v) is 12.9. The lowest BCUT2D eigenvalue weighted by Gasteiger charge is -2.00. The summed E-state index contributed by atoms with van der Waals surface area (Å²) in [6.45, 7) is 5.16. The number of hydrogen-bond donors (Lipinski definition) is 0. The number of methoxy groups -OCH3 is 1. The van der Waals surface area contributed by atoms with Gasteiger partial charge in [0.2, 0.25) is 0 Å². The fraction of sp³-hybridized carbons (Fsp3) is 0.278. The molecule has 0 unspecified atom stereocenters. The number of imidazole rings is 1. The molecule has 1 heterocycles. The summed E-state index contributed by atoms with van der Waals surface area (Å²) in [5.41, 5.74) is 2.14. The lowest BCUT2D eigenvalue weighted by Crippen LogP contribution is -1.94. The van der Waals surface area contributed by atoms with E-state index in [9.17, 15) is 0 Å². The predicted molar refractivity (Wildman–Crippen MR) is 89.1 cm³/mol. The Hall–Kier alpha value is -2.29. The average molecular weight is 282 g/mol. The van der Waals surface area contributed by atoms with Crippen LogP contribution in [0.1, 0.15) is 37.4 Å². The van der Waals surface area contributed by atoms with Crippen LogP contribution in [0.3, 0.4) is 0 Å². The van der Waals surface area contributed by atoms with Gasteiger partial charge in [0.15, 0.2) is 0 Å². The van der Waals surface area contributed by atoms with Crippen LogP contribution in [-0.4, -0.2) is 16.7 Å². The van der Waals surface area contributed by atoms with E-state index in [1.807, 2.05) is 24.3 Å². The summed E-state index contributed by atoms with van der Waals surface area (Å²) in [4.78, 5) is 4.63. The molecule has 1 aromatic carbocycles. The van der Waals surface area contributed by atoms with E-state index in [-0.39, 0.29) is 0 Å². The first-order valence-corrected chi connectivity index (χ1v) is 7.32. The van der Waals surface area contributed by atoms with Crippen molar-refractivity contribution >= 4 is 18.2 Å². The van der Waals surface area contributed by atoms with Crippen molar-refractivity contribution in [1.29, 1.82) is 0 Å². The van der Waals surface area contributed by atoms with Gasteiger partial charge in [0.05, 0.1) is 12.8 Å². The van der Waals surface area contributed by atoms with Gasteiger partial charge in [-0.3, -0.25) is 0 Å². The highest BCUT2D eigenvalue weighted by atomic mass is 16.5. The van der Waals surface area contributed by atoms with Gasteiger partial charge in [-0.1, -0.05) is 31.2 Å². The molecule has 0 bridgehead atoms. The van der Waals surface area contributed by atoms with Crippen molar-refractivity contribution in [2.75, 3.05) is 7.11 Å². The van der Waals surface area contributed by atoms with Gasteiger partial charge < -0.3 is 9.30 Å². The number of aryl methyl sites for hydroxylation is 1. The number of rotatable bonds is 6. The van der Waals surface area contributed by atoms with Gasteiger partial charge >= 0.3 is 0 Å². The first-order valence-electron chi connectivity index (χ1n) is 7.32. The van der Waals surface area contributed by atoms with Crippen LogP contribution in [0.4, 0.5) is 0 Å². The van der Waals surface area contributed by atoms with E-state index in [0.29, 0.717) is 0 Å². The number of aromatic nitrogens is 2. The minimum Gasteiger partial charge on any atom is -0.497 e. The summed E-state index contributed by atoms with van der Waals surface area (Å²) in [7, 11) is 1.67. The van der Waals surface area contributed by atoms with Gasteiger partial charge in [-0.15, -0.1) is 0 Å². The van der Waals surface area contributed by atoms with Crippen LogP contribution < -0.4 is 4.74 Å². The summed E-state index contributed by atoms with van der Waals surface area (Å²) in [5.74, 6) is 1.85. The van der Waals surface area contributed by atoms with Crippen molar-refractivity contribution in [3.63, 3.8) is 0 Å². The third-order valence-electron chi connectivity index (χ3n) is 3.23. The molecule has 0 aliphatic carbocycles. The van der Waals surface area contributed by atoms with Gasteiger partial charge in [0.1, 0.15) is 11.6 Å². The van der Waals surface area contributed by atoms with Crippen molar-refractivity contribution in [3.8, 4) is 5.75 Å². The Balaban J connectivity index is 2.18.